The van der Waals surface area contributed by atoms with Gasteiger partial charge in [-0.25, -0.2) is 0 Å². The Hall–Kier alpha value is -0.220. The van der Waals surface area contributed by atoms with Gasteiger partial charge < -0.3 is 11.1 Å². The zero-order valence-electron chi connectivity index (χ0n) is 12.0. The molecule has 1 atom stereocenters. The summed E-state index contributed by atoms with van der Waals surface area (Å²) in [6.07, 6.45) is 6.41. The average Bonchev–Trinajstić information content (AvgIpc) is 2.76. The molecule has 0 aliphatic heterocycles. The first-order valence-electron chi connectivity index (χ1n) is 7.09. The fourth-order valence-electron chi connectivity index (χ4n) is 2.61. The smallest absolute Gasteiger partial charge is 0.237 e. The molecular weight excluding hydrogens is 244 g/mol. The highest BCUT2D eigenvalue weighted by Crippen LogP contribution is 2.28. The Bertz CT molecular complexity index is 265. The molecule has 0 heterocycles. The molecule has 0 radical (unpaired) electrons. The minimum absolute atomic E-state index is 0.238. The van der Waals surface area contributed by atoms with Crippen molar-refractivity contribution in [2.45, 2.75) is 64.5 Å². The van der Waals surface area contributed by atoms with Crippen LogP contribution < -0.4 is 11.1 Å². The lowest BCUT2D eigenvalue weighted by Gasteiger charge is -2.29. The quantitative estimate of drug-likeness (QED) is 0.668. The van der Waals surface area contributed by atoms with E-state index in [4.69, 9.17) is 5.73 Å². The number of rotatable bonds is 8. The molecule has 0 spiro atoms. The standard InChI is InChI=1S/C14H28N2OS/c1-11(2)16-14(3,13(15)17)8-9-18-10-12-6-4-5-7-12/h11-12,16H,4-10H2,1-3H3,(H2,15,17). The molecule has 1 unspecified atom stereocenters. The summed E-state index contributed by atoms with van der Waals surface area (Å²) in [6, 6.07) is 0.280. The van der Waals surface area contributed by atoms with E-state index in [1.807, 2.05) is 32.5 Å². The highest BCUT2D eigenvalue weighted by Gasteiger charge is 2.30. The molecule has 4 heteroatoms. The summed E-state index contributed by atoms with van der Waals surface area (Å²) < 4.78 is 0. The summed E-state index contributed by atoms with van der Waals surface area (Å²) in [5.74, 6) is 2.93. The second-order valence-electron chi connectivity index (χ2n) is 5.97. The summed E-state index contributed by atoms with van der Waals surface area (Å²) >= 11 is 1.97. The van der Waals surface area contributed by atoms with Gasteiger partial charge >= 0.3 is 0 Å². The molecule has 1 aliphatic carbocycles. The van der Waals surface area contributed by atoms with Crippen molar-refractivity contribution in [1.82, 2.24) is 5.32 Å². The van der Waals surface area contributed by atoms with E-state index in [1.165, 1.54) is 31.4 Å². The van der Waals surface area contributed by atoms with Gasteiger partial charge in [0, 0.05) is 6.04 Å². The van der Waals surface area contributed by atoms with Crippen LogP contribution in [0.5, 0.6) is 0 Å². The Morgan fingerprint density at radius 3 is 2.56 bits per heavy atom. The van der Waals surface area contributed by atoms with Gasteiger partial charge in [-0.3, -0.25) is 4.79 Å². The van der Waals surface area contributed by atoms with E-state index in [2.05, 4.69) is 5.32 Å². The van der Waals surface area contributed by atoms with Crippen LogP contribution >= 0.6 is 11.8 Å². The van der Waals surface area contributed by atoms with Crippen molar-refractivity contribution >= 4 is 17.7 Å². The summed E-state index contributed by atoms with van der Waals surface area (Å²) in [5.41, 5.74) is 4.95. The zero-order chi connectivity index (χ0) is 13.6. The van der Waals surface area contributed by atoms with Gasteiger partial charge in [-0.1, -0.05) is 12.8 Å². The summed E-state index contributed by atoms with van der Waals surface area (Å²) in [5, 5.41) is 3.30. The van der Waals surface area contributed by atoms with Gasteiger partial charge in [-0.15, -0.1) is 0 Å². The third-order valence-corrected chi connectivity index (χ3v) is 4.93. The van der Waals surface area contributed by atoms with Gasteiger partial charge in [0.25, 0.3) is 0 Å². The van der Waals surface area contributed by atoms with E-state index in [0.29, 0.717) is 0 Å². The van der Waals surface area contributed by atoms with Crippen LogP contribution in [-0.2, 0) is 4.79 Å². The average molecular weight is 272 g/mol. The number of primary amides is 1. The molecular formula is C14H28N2OS. The summed E-state index contributed by atoms with van der Waals surface area (Å²) in [4.78, 5) is 11.6. The van der Waals surface area contributed by atoms with Gasteiger partial charge in [0.15, 0.2) is 0 Å². The second kappa shape index (κ2) is 7.39. The maximum Gasteiger partial charge on any atom is 0.237 e. The molecule has 0 saturated heterocycles. The fourth-order valence-corrected chi connectivity index (χ4v) is 3.99. The van der Waals surface area contributed by atoms with E-state index in [-0.39, 0.29) is 11.9 Å². The van der Waals surface area contributed by atoms with Crippen molar-refractivity contribution in [3.63, 3.8) is 0 Å². The minimum atomic E-state index is -0.559. The van der Waals surface area contributed by atoms with Gasteiger partial charge in [-0.2, -0.15) is 11.8 Å². The first-order chi connectivity index (χ1) is 8.44. The van der Waals surface area contributed by atoms with Crippen molar-refractivity contribution < 1.29 is 4.79 Å². The number of hydrogen-bond acceptors (Lipinski definition) is 3. The maximum absolute atomic E-state index is 11.6. The Morgan fingerprint density at radius 2 is 2.06 bits per heavy atom. The lowest BCUT2D eigenvalue weighted by molar-refractivity contribution is -0.124. The SMILES string of the molecule is CC(C)NC(C)(CCSCC1CCCC1)C(N)=O. The number of carbonyl (C=O) groups is 1. The lowest BCUT2D eigenvalue weighted by Crippen LogP contribution is -2.55. The van der Waals surface area contributed by atoms with Crippen LogP contribution in [0.1, 0.15) is 52.9 Å². The Labute approximate surface area is 116 Å². The zero-order valence-corrected chi connectivity index (χ0v) is 12.8. The van der Waals surface area contributed by atoms with E-state index in [9.17, 15) is 4.79 Å². The van der Waals surface area contributed by atoms with Gasteiger partial charge in [0.2, 0.25) is 5.91 Å². The molecule has 0 aromatic carbocycles. The minimum Gasteiger partial charge on any atom is -0.368 e. The maximum atomic E-state index is 11.6. The largest absolute Gasteiger partial charge is 0.368 e. The highest BCUT2D eigenvalue weighted by atomic mass is 32.2. The molecule has 1 amide bonds. The lowest BCUT2D eigenvalue weighted by atomic mass is 9.97. The summed E-state index contributed by atoms with van der Waals surface area (Å²) in [6.45, 7) is 6.02. The molecule has 3 N–H and O–H groups in total. The van der Waals surface area contributed by atoms with Crippen molar-refractivity contribution in [3.8, 4) is 0 Å². The predicted molar refractivity (Wildman–Crippen MR) is 79.8 cm³/mol. The molecule has 1 rings (SSSR count). The number of thioether (sulfide) groups is 1. The van der Waals surface area contributed by atoms with Crippen LogP contribution in [0.3, 0.4) is 0 Å². The molecule has 3 nitrogen and oxygen atoms in total. The third kappa shape index (κ3) is 5.19. The van der Waals surface area contributed by atoms with Crippen LogP contribution in [0.25, 0.3) is 0 Å². The van der Waals surface area contributed by atoms with Crippen LogP contribution in [0.2, 0.25) is 0 Å². The van der Waals surface area contributed by atoms with Gasteiger partial charge in [0.05, 0.1) is 5.54 Å². The fraction of sp³-hybridized carbons (Fsp3) is 0.929. The van der Waals surface area contributed by atoms with Gasteiger partial charge in [-0.05, 0) is 57.5 Å². The number of nitrogens with two attached hydrogens (primary N) is 1. The number of amides is 1. The highest BCUT2D eigenvalue weighted by molar-refractivity contribution is 7.99. The topological polar surface area (TPSA) is 55.1 Å². The van der Waals surface area contributed by atoms with Crippen molar-refractivity contribution in [2.24, 2.45) is 11.7 Å². The molecule has 0 bridgehead atoms. The second-order valence-corrected chi connectivity index (χ2v) is 7.12. The number of nitrogens with one attached hydrogen (secondary N) is 1. The molecule has 18 heavy (non-hydrogen) atoms. The Morgan fingerprint density at radius 1 is 1.44 bits per heavy atom. The normalized spacial score (nSPS) is 20.2. The van der Waals surface area contributed by atoms with E-state index in [1.54, 1.807) is 0 Å². The third-order valence-electron chi connectivity index (χ3n) is 3.73. The monoisotopic (exact) mass is 272 g/mol. The van der Waals surface area contributed by atoms with Crippen molar-refractivity contribution in [2.75, 3.05) is 11.5 Å². The molecule has 1 aliphatic rings. The van der Waals surface area contributed by atoms with E-state index < -0.39 is 5.54 Å². The van der Waals surface area contributed by atoms with Crippen LogP contribution in [0.4, 0.5) is 0 Å². The van der Waals surface area contributed by atoms with E-state index in [0.717, 1.165) is 18.1 Å². The first kappa shape index (κ1) is 15.8. The number of carbonyl (C=O) groups excluding carboxylic acids is 1. The molecule has 1 fully saturated rings. The van der Waals surface area contributed by atoms with Crippen molar-refractivity contribution in [3.05, 3.63) is 0 Å². The molecule has 106 valence electrons. The van der Waals surface area contributed by atoms with Crippen LogP contribution in [0, 0.1) is 5.92 Å². The molecule has 0 aromatic heterocycles. The Kier molecular flexibility index (Phi) is 6.50. The predicted octanol–water partition coefficient (Wildman–Crippen LogP) is 2.54. The molecule has 0 aromatic rings. The van der Waals surface area contributed by atoms with E-state index >= 15 is 0 Å². The summed E-state index contributed by atoms with van der Waals surface area (Å²) in [7, 11) is 0. The van der Waals surface area contributed by atoms with Crippen LogP contribution in [0.15, 0.2) is 0 Å². The van der Waals surface area contributed by atoms with Crippen molar-refractivity contribution in [1.29, 1.82) is 0 Å². The van der Waals surface area contributed by atoms with Gasteiger partial charge in [0.1, 0.15) is 0 Å². The first-order valence-corrected chi connectivity index (χ1v) is 8.25. The van der Waals surface area contributed by atoms with Crippen LogP contribution in [-0.4, -0.2) is 29.0 Å². The Balaban J connectivity index is 2.26. The number of hydrogen-bond donors (Lipinski definition) is 2. The molecule has 1 saturated carbocycles.